The minimum Gasteiger partial charge on any atom is -0.481 e. The van der Waals surface area contributed by atoms with Gasteiger partial charge in [-0.25, -0.2) is 0 Å². The number of nitrogens with zero attached hydrogens (tertiary/aromatic N) is 1. The third-order valence-electron chi connectivity index (χ3n) is 4.23. The van der Waals surface area contributed by atoms with Crippen molar-refractivity contribution in [2.75, 3.05) is 13.1 Å². The summed E-state index contributed by atoms with van der Waals surface area (Å²) in [6.07, 6.45) is 3.85. The Labute approximate surface area is 107 Å². The second kappa shape index (κ2) is 4.88. The number of carboxylic acids is 1. The molecule has 1 amide bonds. The third kappa shape index (κ3) is 2.83. The normalized spacial score (nSPS) is 27.0. The fourth-order valence-corrected chi connectivity index (χ4v) is 2.78. The molecule has 2 unspecified atom stereocenters. The van der Waals surface area contributed by atoms with E-state index in [0.717, 1.165) is 25.8 Å². The topological polar surface area (TPSA) is 83.6 Å². The van der Waals surface area contributed by atoms with E-state index in [2.05, 4.69) is 0 Å². The molecule has 2 aliphatic rings. The van der Waals surface area contributed by atoms with Crippen LogP contribution in [0.25, 0.3) is 0 Å². The lowest BCUT2D eigenvalue weighted by molar-refractivity contribution is -0.137. The van der Waals surface area contributed by atoms with E-state index in [1.54, 1.807) is 0 Å². The Morgan fingerprint density at radius 1 is 1.39 bits per heavy atom. The van der Waals surface area contributed by atoms with Crippen molar-refractivity contribution in [3.8, 4) is 0 Å². The molecule has 18 heavy (non-hydrogen) atoms. The van der Waals surface area contributed by atoms with Gasteiger partial charge in [-0.05, 0) is 44.4 Å². The maximum atomic E-state index is 12.3. The van der Waals surface area contributed by atoms with Crippen molar-refractivity contribution in [1.29, 1.82) is 0 Å². The van der Waals surface area contributed by atoms with Gasteiger partial charge in [0.05, 0.1) is 5.54 Å². The first-order chi connectivity index (χ1) is 8.41. The lowest BCUT2D eigenvalue weighted by Crippen LogP contribution is -2.54. The summed E-state index contributed by atoms with van der Waals surface area (Å²) in [5, 5.41) is 8.66. The molecule has 2 rings (SSSR count). The van der Waals surface area contributed by atoms with Crippen LogP contribution in [0.15, 0.2) is 0 Å². The number of carbonyl (C=O) groups is 2. The molecular formula is C13H22N2O3. The SMILES string of the molecule is CC(N)(C(=O)N1CCC(CCC(=O)O)C1)C1CC1. The summed E-state index contributed by atoms with van der Waals surface area (Å²) in [6, 6.07) is 0. The average Bonchev–Trinajstić information content (AvgIpc) is 3.06. The Morgan fingerprint density at radius 2 is 2.06 bits per heavy atom. The van der Waals surface area contributed by atoms with Crippen LogP contribution >= 0.6 is 0 Å². The molecule has 1 aliphatic heterocycles. The van der Waals surface area contributed by atoms with Crippen molar-refractivity contribution in [3.63, 3.8) is 0 Å². The van der Waals surface area contributed by atoms with Gasteiger partial charge in [-0.2, -0.15) is 0 Å². The van der Waals surface area contributed by atoms with E-state index < -0.39 is 11.5 Å². The summed E-state index contributed by atoms with van der Waals surface area (Å²) in [5.41, 5.74) is 5.41. The second-order valence-corrected chi connectivity index (χ2v) is 5.90. The zero-order valence-electron chi connectivity index (χ0n) is 10.9. The lowest BCUT2D eigenvalue weighted by Gasteiger charge is -2.29. The molecule has 1 aliphatic carbocycles. The summed E-state index contributed by atoms with van der Waals surface area (Å²) in [5.74, 6) is -0.0626. The third-order valence-corrected chi connectivity index (χ3v) is 4.23. The van der Waals surface area contributed by atoms with E-state index in [1.165, 1.54) is 0 Å². The zero-order chi connectivity index (χ0) is 13.3. The van der Waals surface area contributed by atoms with Crippen LogP contribution in [0, 0.1) is 11.8 Å². The van der Waals surface area contributed by atoms with Crippen LogP contribution in [0.3, 0.4) is 0 Å². The van der Waals surface area contributed by atoms with Gasteiger partial charge in [0, 0.05) is 19.5 Å². The quantitative estimate of drug-likeness (QED) is 0.761. The van der Waals surface area contributed by atoms with E-state index >= 15 is 0 Å². The summed E-state index contributed by atoms with van der Waals surface area (Å²) in [4.78, 5) is 24.7. The van der Waals surface area contributed by atoms with E-state index in [-0.39, 0.29) is 12.3 Å². The maximum Gasteiger partial charge on any atom is 0.303 e. The van der Waals surface area contributed by atoms with E-state index in [9.17, 15) is 9.59 Å². The Morgan fingerprint density at radius 3 is 2.61 bits per heavy atom. The van der Waals surface area contributed by atoms with Crippen molar-refractivity contribution >= 4 is 11.9 Å². The Balaban J connectivity index is 1.84. The van der Waals surface area contributed by atoms with Crippen molar-refractivity contribution in [2.45, 2.75) is 44.6 Å². The van der Waals surface area contributed by atoms with Crippen LogP contribution < -0.4 is 5.73 Å². The Bertz CT molecular complexity index is 350. The number of carboxylic acid groups (broad SMARTS) is 1. The Hall–Kier alpha value is -1.10. The van der Waals surface area contributed by atoms with Gasteiger partial charge in [-0.1, -0.05) is 0 Å². The Kier molecular flexibility index (Phi) is 3.61. The summed E-state index contributed by atoms with van der Waals surface area (Å²) >= 11 is 0. The molecule has 0 radical (unpaired) electrons. The molecule has 0 aromatic carbocycles. The predicted octanol–water partition coefficient (Wildman–Crippen LogP) is 0.827. The van der Waals surface area contributed by atoms with Crippen LogP contribution in [-0.2, 0) is 9.59 Å². The van der Waals surface area contributed by atoms with E-state index in [4.69, 9.17) is 10.8 Å². The predicted molar refractivity (Wildman–Crippen MR) is 66.9 cm³/mol. The first-order valence-electron chi connectivity index (χ1n) is 6.71. The van der Waals surface area contributed by atoms with Crippen LogP contribution in [0.1, 0.15) is 39.0 Å². The molecule has 1 saturated heterocycles. The number of hydrogen-bond acceptors (Lipinski definition) is 3. The van der Waals surface area contributed by atoms with Gasteiger partial charge < -0.3 is 15.7 Å². The largest absolute Gasteiger partial charge is 0.481 e. The molecule has 5 nitrogen and oxygen atoms in total. The van der Waals surface area contributed by atoms with Crippen molar-refractivity contribution in [3.05, 3.63) is 0 Å². The number of aliphatic carboxylic acids is 1. The van der Waals surface area contributed by atoms with Crippen molar-refractivity contribution in [1.82, 2.24) is 4.90 Å². The molecule has 5 heteroatoms. The van der Waals surface area contributed by atoms with Crippen LogP contribution in [0.5, 0.6) is 0 Å². The van der Waals surface area contributed by atoms with Crippen molar-refractivity contribution < 1.29 is 14.7 Å². The summed E-state index contributed by atoms with van der Waals surface area (Å²) in [7, 11) is 0. The standard InChI is InChI=1S/C13H22N2O3/c1-13(14,10-3-4-10)12(18)15-7-6-9(8-15)2-5-11(16)17/h9-10H,2-8,14H2,1H3,(H,16,17). The average molecular weight is 254 g/mol. The minimum absolute atomic E-state index is 0.0443. The number of nitrogens with two attached hydrogens (primary N) is 1. The second-order valence-electron chi connectivity index (χ2n) is 5.90. The highest BCUT2D eigenvalue weighted by molar-refractivity contribution is 5.86. The summed E-state index contributed by atoms with van der Waals surface area (Å²) in [6.45, 7) is 3.23. The molecule has 2 atom stereocenters. The number of rotatable bonds is 5. The molecule has 102 valence electrons. The molecule has 0 bridgehead atoms. The van der Waals surface area contributed by atoms with Gasteiger partial charge in [0.2, 0.25) is 5.91 Å². The van der Waals surface area contributed by atoms with Crippen LogP contribution in [0.4, 0.5) is 0 Å². The van der Waals surface area contributed by atoms with Crippen LogP contribution in [-0.4, -0.2) is 40.5 Å². The maximum absolute atomic E-state index is 12.3. The highest BCUT2D eigenvalue weighted by Gasteiger charge is 2.46. The van der Waals surface area contributed by atoms with Gasteiger partial charge in [0.25, 0.3) is 0 Å². The highest BCUT2D eigenvalue weighted by Crippen LogP contribution is 2.39. The molecule has 3 N–H and O–H groups in total. The molecule has 0 aromatic heterocycles. The fraction of sp³-hybridized carbons (Fsp3) is 0.846. The van der Waals surface area contributed by atoms with Gasteiger partial charge in [-0.15, -0.1) is 0 Å². The highest BCUT2D eigenvalue weighted by atomic mass is 16.4. The molecule has 2 fully saturated rings. The smallest absolute Gasteiger partial charge is 0.303 e. The number of hydrogen-bond donors (Lipinski definition) is 2. The molecule has 0 aromatic rings. The number of amides is 1. The first kappa shape index (κ1) is 13.3. The van der Waals surface area contributed by atoms with Gasteiger partial charge in [0.15, 0.2) is 0 Å². The summed E-state index contributed by atoms with van der Waals surface area (Å²) < 4.78 is 0. The van der Waals surface area contributed by atoms with Gasteiger partial charge in [-0.3, -0.25) is 9.59 Å². The lowest BCUT2D eigenvalue weighted by atomic mass is 9.95. The first-order valence-corrected chi connectivity index (χ1v) is 6.71. The minimum atomic E-state index is -0.763. The molecular weight excluding hydrogens is 232 g/mol. The molecule has 1 heterocycles. The van der Waals surface area contributed by atoms with Crippen molar-refractivity contribution in [2.24, 2.45) is 17.6 Å². The molecule has 0 spiro atoms. The van der Waals surface area contributed by atoms with Crippen LogP contribution in [0.2, 0.25) is 0 Å². The van der Waals surface area contributed by atoms with E-state index in [0.29, 0.717) is 24.8 Å². The fourth-order valence-electron chi connectivity index (χ4n) is 2.78. The number of likely N-dealkylation sites (tertiary alicyclic amines) is 1. The van der Waals surface area contributed by atoms with Gasteiger partial charge in [0.1, 0.15) is 0 Å². The monoisotopic (exact) mass is 254 g/mol. The number of carbonyl (C=O) groups excluding carboxylic acids is 1. The van der Waals surface area contributed by atoms with Gasteiger partial charge >= 0.3 is 5.97 Å². The molecule has 1 saturated carbocycles. The zero-order valence-corrected chi connectivity index (χ0v) is 10.9. The van der Waals surface area contributed by atoms with E-state index in [1.807, 2.05) is 11.8 Å².